The quantitative estimate of drug-likeness (QED) is 0.445. The van der Waals surface area contributed by atoms with E-state index in [1.54, 1.807) is 0 Å². The third-order valence-corrected chi connectivity index (χ3v) is 2.58. The summed E-state index contributed by atoms with van der Waals surface area (Å²) in [5.41, 5.74) is 5.59. The summed E-state index contributed by atoms with van der Waals surface area (Å²) < 4.78 is 0. The summed E-state index contributed by atoms with van der Waals surface area (Å²) in [6.07, 6.45) is 4.59. The number of carbonyl (C=O) groups is 1. The largest absolute Gasteiger partial charge is 0.390 e. The van der Waals surface area contributed by atoms with Crippen molar-refractivity contribution < 1.29 is 15.0 Å². The van der Waals surface area contributed by atoms with Crippen LogP contribution in [0.25, 0.3) is 0 Å². The third kappa shape index (κ3) is 7.28. The van der Waals surface area contributed by atoms with Crippen LogP contribution in [0.1, 0.15) is 33.1 Å². The molecule has 1 amide bonds. The van der Waals surface area contributed by atoms with E-state index >= 15 is 0 Å². The van der Waals surface area contributed by atoms with Gasteiger partial charge in [0.2, 0.25) is 5.91 Å². The molecule has 0 unspecified atom stereocenters. The number of aliphatic hydroxyl groups is 2. The summed E-state index contributed by atoms with van der Waals surface area (Å²) in [6.45, 7) is 3.89. The van der Waals surface area contributed by atoms with Gasteiger partial charge < -0.3 is 21.3 Å². The third-order valence-electron chi connectivity index (χ3n) is 2.58. The number of aliphatic hydroxyl groups excluding tert-OH is 2. The molecule has 0 aliphatic carbocycles. The molecule has 0 bridgehead atoms. The van der Waals surface area contributed by atoms with E-state index in [0.29, 0.717) is 19.3 Å². The number of amides is 1. The highest BCUT2D eigenvalue weighted by molar-refractivity contribution is 5.81. The van der Waals surface area contributed by atoms with E-state index in [-0.39, 0.29) is 18.4 Å². The number of nitrogens with two attached hydrogens (primary N) is 1. The van der Waals surface area contributed by atoms with Gasteiger partial charge in [0.15, 0.2) is 0 Å². The van der Waals surface area contributed by atoms with Gasteiger partial charge >= 0.3 is 0 Å². The van der Waals surface area contributed by atoms with Crippen molar-refractivity contribution in [2.75, 3.05) is 6.54 Å². The Hall–Kier alpha value is -1.09. The molecule has 104 valence electrons. The van der Waals surface area contributed by atoms with Crippen LogP contribution in [-0.4, -0.2) is 40.9 Å². The molecule has 0 saturated carbocycles. The maximum Gasteiger partial charge on any atom is 0.237 e. The fraction of sp³-hybridized carbons (Fsp3) is 0.769. The van der Waals surface area contributed by atoms with Crippen molar-refractivity contribution in [3.8, 4) is 12.3 Å². The molecule has 0 aromatic rings. The van der Waals surface area contributed by atoms with Gasteiger partial charge in [-0.15, -0.1) is 12.3 Å². The molecule has 5 nitrogen and oxygen atoms in total. The van der Waals surface area contributed by atoms with E-state index in [9.17, 15) is 15.0 Å². The van der Waals surface area contributed by atoms with Crippen LogP contribution in [0.2, 0.25) is 0 Å². The summed E-state index contributed by atoms with van der Waals surface area (Å²) in [5.74, 6) is 2.33. The van der Waals surface area contributed by atoms with Crippen molar-refractivity contribution in [3.63, 3.8) is 0 Å². The molecule has 0 radical (unpaired) electrons. The summed E-state index contributed by atoms with van der Waals surface area (Å²) in [4.78, 5) is 11.5. The fourth-order valence-electron chi connectivity index (χ4n) is 1.48. The van der Waals surface area contributed by atoms with Crippen molar-refractivity contribution in [1.82, 2.24) is 5.32 Å². The Morgan fingerprint density at radius 2 is 2.00 bits per heavy atom. The van der Waals surface area contributed by atoms with Crippen molar-refractivity contribution in [2.45, 2.75) is 51.4 Å². The number of nitrogens with one attached hydrogen (secondary N) is 1. The Morgan fingerprint density at radius 1 is 1.39 bits per heavy atom. The van der Waals surface area contributed by atoms with Crippen LogP contribution in [-0.2, 0) is 4.79 Å². The Bertz CT molecular complexity index is 286. The number of terminal acetylenes is 1. The molecule has 0 heterocycles. The lowest BCUT2D eigenvalue weighted by Gasteiger charge is -2.20. The van der Waals surface area contributed by atoms with Crippen LogP contribution >= 0.6 is 0 Å². The molecule has 0 aliphatic rings. The lowest BCUT2D eigenvalue weighted by Crippen LogP contribution is -2.46. The predicted molar refractivity (Wildman–Crippen MR) is 70.5 cm³/mol. The first-order valence-electron chi connectivity index (χ1n) is 6.21. The molecule has 3 atom stereocenters. The molecule has 0 saturated heterocycles. The first kappa shape index (κ1) is 16.9. The van der Waals surface area contributed by atoms with Crippen LogP contribution in [0, 0.1) is 18.3 Å². The minimum Gasteiger partial charge on any atom is -0.390 e. The normalized spacial score (nSPS) is 15.8. The first-order chi connectivity index (χ1) is 8.38. The van der Waals surface area contributed by atoms with E-state index in [2.05, 4.69) is 11.2 Å². The van der Waals surface area contributed by atoms with Gasteiger partial charge in [0.1, 0.15) is 0 Å². The summed E-state index contributed by atoms with van der Waals surface area (Å²) in [5, 5.41) is 21.8. The van der Waals surface area contributed by atoms with E-state index in [1.165, 1.54) is 0 Å². The lowest BCUT2D eigenvalue weighted by atomic mass is 10.0. The average molecular weight is 256 g/mol. The molecule has 0 aromatic heterocycles. The maximum absolute atomic E-state index is 11.5. The minimum absolute atomic E-state index is 0.00350. The van der Waals surface area contributed by atoms with E-state index in [1.807, 2.05) is 13.8 Å². The molecule has 0 aliphatic heterocycles. The zero-order valence-corrected chi connectivity index (χ0v) is 11.1. The fourth-order valence-corrected chi connectivity index (χ4v) is 1.48. The summed E-state index contributed by atoms with van der Waals surface area (Å²) in [6, 6.07) is -0.671. The number of rotatable bonds is 8. The van der Waals surface area contributed by atoms with Crippen molar-refractivity contribution in [2.24, 2.45) is 11.7 Å². The van der Waals surface area contributed by atoms with Crippen LogP contribution in [0.4, 0.5) is 0 Å². The molecule has 0 spiro atoms. The van der Waals surface area contributed by atoms with Gasteiger partial charge in [-0.25, -0.2) is 0 Å². The second kappa shape index (κ2) is 8.92. The van der Waals surface area contributed by atoms with Crippen LogP contribution < -0.4 is 11.1 Å². The monoisotopic (exact) mass is 256 g/mol. The van der Waals surface area contributed by atoms with E-state index in [4.69, 9.17) is 12.2 Å². The second-order valence-corrected chi connectivity index (χ2v) is 4.86. The molecule has 18 heavy (non-hydrogen) atoms. The van der Waals surface area contributed by atoms with Crippen LogP contribution in [0.3, 0.4) is 0 Å². The highest BCUT2D eigenvalue weighted by atomic mass is 16.3. The van der Waals surface area contributed by atoms with Gasteiger partial charge in [0, 0.05) is 13.0 Å². The zero-order chi connectivity index (χ0) is 14.1. The van der Waals surface area contributed by atoms with Gasteiger partial charge in [0.05, 0.1) is 18.2 Å². The summed E-state index contributed by atoms with van der Waals surface area (Å²) >= 11 is 0. The van der Waals surface area contributed by atoms with Crippen LogP contribution in [0.5, 0.6) is 0 Å². The lowest BCUT2D eigenvalue weighted by molar-refractivity contribution is -0.123. The molecule has 0 aromatic carbocycles. The Kier molecular flexibility index (Phi) is 8.38. The van der Waals surface area contributed by atoms with Gasteiger partial charge in [-0.2, -0.15) is 0 Å². The summed E-state index contributed by atoms with van der Waals surface area (Å²) in [7, 11) is 0. The van der Waals surface area contributed by atoms with Crippen molar-refractivity contribution in [3.05, 3.63) is 0 Å². The van der Waals surface area contributed by atoms with Gasteiger partial charge in [-0.05, 0) is 18.8 Å². The molecule has 5 N–H and O–H groups in total. The maximum atomic E-state index is 11.5. The van der Waals surface area contributed by atoms with Gasteiger partial charge in [-0.1, -0.05) is 13.8 Å². The predicted octanol–water partition coefficient (Wildman–Crippen LogP) is -0.389. The van der Waals surface area contributed by atoms with Crippen molar-refractivity contribution in [1.29, 1.82) is 0 Å². The Morgan fingerprint density at radius 3 is 2.50 bits per heavy atom. The molecule has 5 heteroatoms. The standard InChI is InChI=1S/C13H24N2O3/c1-4-5-6-10(14)13(18)15-8-12(17)11(16)7-9(2)3/h1,9-12,16-17H,5-8,14H2,2-3H3,(H,15,18)/t10-,11-,12+/m0/s1. The second-order valence-electron chi connectivity index (χ2n) is 4.86. The van der Waals surface area contributed by atoms with E-state index in [0.717, 1.165) is 0 Å². The first-order valence-corrected chi connectivity index (χ1v) is 6.21. The number of carbonyl (C=O) groups excluding carboxylic acids is 1. The van der Waals surface area contributed by atoms with E-state index < -0.39 is 18.2 Å². The minimum atomic E-state index is -0.976. The van der Waals surface area contributed by atoms with Crippen molar-refractivity contribution >= 4 is 5.91 Å². The van der Waals surface area contributed by atoms with Crippen LogP contribution in [0.15, 0.2) is 0 Å². The average Bonchev–Trinajstić information content (AvgIpc) is 2.31. The Balaban J connectivity index is 3.94. The number of hydrogen-bond acceptors (Lipinski definition) is 4. The van der Waals surface area contributed by atoms with Gasteiger partial charge in [0.25, 0.3) is 0 Å². The smallest absolute Gasteiger partial charge is 0.237 e. The Labute approximate surface area is 109 Å². The molecular weight excluding hydrogens is 232 g/mol. The molecular formula is C13H24N2O3. The topological polar surface area (TPSA) is 95.6 Å². The van der Waals surface area contributed by atoms with Gasteiger partial charge in [-0.3, -0.25) is 4.79 Å². The SMILES string of the molecule is C#CCC[C@H](N)C(=O)NC[C@@H](O)[C@@H](O)CC(C)C. The highest BCUT2D eigenvalue weighted by Crippen LogP contribution is 2.07. The highest BCUT2D eigenvalue weighted by Gasteiger charge is 2.19. The molecule has 0 rings (SSSR count). The zero-order valence-electron chi connectivity index (χ0n) is 11.1. The number of hydrogen-bond donors (Lipinski definition) is 4. The molecule has 0 fully saturated rings.